The van der Waals surface area contributed by atoms with Gasteiger partial charge < -0.3 is 0 Å². The molecular weight excluding hydrogens is 769 g/mol. The average molecular weight is 817 g/mol. The van der Waals surface area contributed by atoms with Crippen molar-refractivity contribution in [3.8, 4) is 33.4 Å². The Morgan fingerprint density at radius 1 is 0.359 bits per heavy atom. The Balaban J connectivity index is 1.09. The van der Waals surface area contributed by atoms with Crippen LogP contribution in [-0.2, 0) is 0 Å². The van der Waals surface area contributed by atoms with Crippen molar-refractivity contribution in [2.24, 2.45) is 11.8 Å². The number of hydrogen-bond donors (Lipinski definition) is 0. The van der Waals surface area contributed by atoms with Gasteiger partial charge in [-0.05, 0) is 135 Å². The number of hydrogen-bond acceptors (Lipinski definition) is 0. The standard InChI is InChI=1S/C64H48/c1-3-19-43(20-4-1)45-35-39-47(40-36-45)49-23-7-9-25-51(49)61-53-27-11-15-31-57(53)63(58-32-16-12-28-54(58)61)64-59-33-17-13-29-55(59)62(56-30-14-18-34-60(56)64)52-26-10-8-24-50(52)48-41-37-46(38-42-48)44-21-5-2-6-22-44/h1-9,11-13,15-17,19-25,27-42,53,57H,10,14,18,26H2. The molecule has 8 aromatic rings. The molecule has 0 nitrogen and oxygen atoms in total. The molecule has 8 aromatic carbocycles. The van der Waals surface area contributed by atoms with Crippen molar-refractivity contribution in [1.82, 2.24) is 0 Å². The van der Waals surface area contributed by atoms with Gasteiger partial charge in [0.05, 0.1) is 0 Å². The Bertz CT molecular complexity index is 3500. The summed E-state index contributed by atoms with van der Waals surface area (Å²) in [5.74, 6) is 0.325. The summed E-state index contributed by atoms with van der Waals surface area (Å²) in [4.78, 5) is 0. The number of fused-ring (bicyclic) bond motifs is 4. The lowest BCUT2D eigenvalue weighted by Crippen LogP contribution is -2.43. The van der Waals surface area contributed by atoms with Crippen LogP contribution >= 0.6 is 0 Å². The van der Waals surface area contributed by atoms with Gasteiger partial charge in [-0.1, -0.05) is 231 Å². The highest BCUT2D eigenvalue weighted by atomic mass is 14.4. The predicted molar refractivity (Wildman–Crippen MR) is 272 cm³/mol. The topological polar surface area (TPSA) is 0 Å². The minimum atomic E-state index is 0.160. The molecule has 4 aliphatic rings. The third kappa shape index (κ3) is 6.52. The van der Waals surface area contributed by atoms with Gasteiger partial charge in [-0.25, -0.2) is 0 Å². The van der Waals surface area contributed by atoms with Crippen LogP contribution < -0.4 is 20.9 Å². The van der Waals surface area contributed by atoms with Crippen molar-refractivity contribution in [1.29, 1.82) is 0 Å². The maximum atomic E-state index is 2.56. The molecule has 4 aliphatic carbocycles. The van der Waals surface area contributed by atoms with Crippen molar-refractivity contribution >= 4 is 45.2 Å². The largest absolute Gasteiger partial charge is 0.0836 e. The first kappa shape index (κ1) is 38.2. The molecule has 0 aromatic heterocycles. The fourth-order valence-corrected chi connectivity index (χ4v) is 11.2. The second-order valence-electron chi connectivity index (χ2n) is 17.6. The van der Waals surface area contributed by atoms with Crippen LogP contribution in [0.3, 0.4) is 0 Å². The monoisotopic (exact) mass is 816 g/mol. The first-order valence-electron chi connectivity index (χ1n) is 23.1. The van der Waals surface area contributed by atoms with E-state index in [-0.39, 0.29) is 11.8 Å². The van der Waals surface area contributed by atoms with Gasteiger partial charge in [-0.3, -0.25) is 0 Å². The minimum absolute atomic E-state index is 0.160. The zero-order valence-electron chi connectivity index (χ0n) is 35.9. The molecule has 304 valence electrons. The van der Waals surface area contributed by atoms with E-state index < -0.39 is 0 Å². The lowest BCUT2D eigenvalue weighted by atomic mass is 9.68. The van der Waals surface area contributed by atoms with Crippen LogP contribution in [0.4, 0.5) is 0 Å². The Morgan fingerprint density at radius 2 is 0.828 bits per heavy atom. The van der Waals surface area contributed by atoms with Gasteiger partial charge in [0.1, 0.15) is 0 Å². The van der Waals surface area contributed by atoms with E-state index in [0.29, 0.717) is 0 Å². The fraction of sp³-hybridized carbons (Fsp3) is 0.0938. The molecule has 0 saturated carbocycles. The molecule has 0 N–H and O–H groups in total. The maximum Gasteiger partial charge on any atom is 0.0138 e. The zero-order chi connectivity index (χ0) is 42.4. The van der Waals surface area contributed by atoms with Crippen LogP contribution in [-0.4, -0.2) is 0 Å². The fourth-order valence-electron chi connectivity index (χ4n) is 11.2. The third-order valence-corrected chi connectivity index (χ3v) is 14.0. The first-order valence-corrected chi connectivity index (χ1v) is 23.1. The summed E-state index contributed by atoms with van der Waals surface area (Å²) in [5.41, 5.74) is 18.5. The summed E-state index contributed by atoms with van der Waals surface area (Å²) in [7, 11) is 0. The minimum Gasteiger partial charge on any atom is -0.0836 e. The molecule has 0 amide bonds. The maximum absolute atomic E-state index is 2.56. The second-order valence-corrected chi connectivity index (χ2v) is 17.6. The summed E-state index contributed by atoms with van der Waals surface area (Å²) < 4.78 is 0. The molecular formula is C64H48. The molecule has 0 radical (unpaired) electrons. The van der Waals surface area contributed by atoms with Crippen LogP contribution in [0.5, 0.6) is 0 Å². The van der Waals surface area contributed by atoms with Crippen molar-refractivity contribution in [2.45, 2.75) is 25.7 Å². The second kappa shape index (κ2) is 16.3. The molecule has 0 saturated heterocycles. The van der Waals surface area contributed by atoms with Crippen molar-refractivity contribution in [3.05, 3.63) is 262 Å². The third-order valence-electron chi connectivity index (χ3n) is 14.0. The summed E-state index contributed by atoms with van der Waals surface area (Å²) in [6, 6.07) is 67.5. The van der Waals surface area contributed by atoms with Crippen molar-refractivity contribution in [3.63, 3.8) is 0 Å². The molecule has 2 atom stereocenters. The molecule has 0 aliphatic heterocycles. The lowest BCUT2D eigenvalue weighted by molar-refractivity contribution is 0.686. The highest BCUT2D eigenvalue weighted by molar-refractivity contribution is 6.08. The summed E-state index contributed by atoms with van der Waals surface area (Å²) in [6.45, 7) is 0. The Morgan fingerprint density at radius 3 is 1.47 bits per heavy atom. The van der Waals surface area contributed by atoms with Gasteiger partial charge in [0.2, 0.25) is 0 Å². The Hall–Kier alpha value is -7.54. The highest BCUT2D eigenvalue weighted by Crippen LogP contribution is 2.45. The molecule has 0 heterocycles. The van der Waals surface area contributed by atoms with Gasteiger partial charge >= 0.3 is 0 Å². The molecule has 64 heavy (non-hydrogen) atoms. The quantitative estimate of drug-likeness (QED) is 0.150. The zero-order valence-corrected chi connectivity index (χ0v) is 35.9. The Kier molecular flexibility index (Phi) is 9.72. The van der Waals surface area contributed by atoms with E-state index in [9.17, 15) is 0 Å². The van der Waals surface area contributed by atoms with E-state index in [1.807, 2.05) is 0 Å². The number of benzene rings is 8. The van der Waals surface area contributed by atoms with Crippen molar-refractivity contribution < 1.29 is 0 Å². The Labute approximate surface area is 375 Å². The van der Waals surface area contributed by atoms with E-state index >= 15 is 0 Å². The predicted octanol–water partition coefficient (Wildman–Crippen LogP) is 13.2. The SMILES string of the molecule is C1=CC2C(c3ccccc3-c3ccc(-c4ccccc4)cc3)=c3ccccc3=C(c3c4c(c(C5=C(c6ccc(-c7ccccc7)cc6)C=CCC5)c5ccccc35)=CCCC=4)C2C=C1. The highest BCUT2D eigenvalue weighted by Gasteiger charge is 2.34. The molecule has 0 bridgehead atoms. The van der Waals surface area contributed by atoms with Crippen LogP contribution in [0.2, 0.25) is 0 Å². The van der Waals surface area contributed by atoms with E-state index in [1.165, 1.54) is 110 Å². The number of rotatable bonds is 7. The smallest absolute Gasteiger partial charge is 0.0138 e. The molecule has 0 heteroatoms. The van der Waals surface area contributed by atoms with Crippen LogP contribution in [0.25, 0.3) is 78.6 Å². The van der Waals surface area contributed by atoms with Gasteiger partial charge in [0.15, 0.2) is 0 Å². The van der Waals surface area contributed by atoms with Crippen LogP contribution in [0.15, 0.2) is 218 Å². The molecule has 0 spiro atoms. The van der Waals surface area contributed by atoms with Crippen LogP contribution in [0.1, 0.15) is 47.9 Å². The van der Waals surface area contributed by atoms with Crippen LogP contribution in [0, 0.1) is 11.8 Å². The summed E-state index contributed by atoms with van der Waals surface area (Å²) >= 11 is 0. The van der Waals surface area contributed by atoms with E-state index in [4.69, 9.17) is 0 Å². The number of allylic oxidation sites excluding steroid dienone is 8. The van der Waals surface area contributed by atoms with Gasteiger partial charge in [-0.15, -0.1) is 0 Å². The van der Waals surface area contributed by atoms with Gasteiger partial charge in [0.25, 0.3) is 0 Å². The normalized spacial score (nSPS) is 17.4. The molecule has 12 rings (SSSR count). The first-order chi connectivity index (χ1) is 31.8. The van der Waals surface area contributed by atoms with E-state index in [0.717, 1.165) is 25.7 Å². The molecule has 2 unspecified atom stereocenters. The summed E-state index contributed by atoms with van der Waals surface area (Å²) in [6.07, 6.45) is 23.5. The van der Waals surface area contributed by atoms with Gasteiger partial charge in [-0.2, -0.15) is 0 Å². The summed E-state index contributed by atoms with van der Waals surface area (Å²) in [5, 5.41) is 8.16. The van der Waals surface area contributed by atoms with Crippen molar-refractivity contribution in [2.75, 3.05) is 0 Å². The average Bonchev–Trinajstić information content (AvgIpc) is 3.38. The van der Waals surface area contributed by atoms with E-state index in [1.54, 1.807) is 0 Å². The van der Waals surface area contributed by atoms with Gasteiger partial charge in [0, 0.05) is 11.8 Å². The molecule has 0 fully saturated rings. The lowest BCUT2D eigenvalue weighted by Gasteiger charge is -2.35. The van der Waals surface area contributed by atoms with E-state index in [2.05, 4.69) is 231 Å².